The standard InChI is InChI=1S/C16H18ClNO3/c1-12(8-10-17)9-11-21-16-7-6-15(18(19)20)13-4-2-3-5-14(13)16/h2-7,12H,8-11H2,1H3. The number of halogens is 1. The fraction of sp³-hybridized carbons (Fsp3) is 0.375. The Balaban J connectivity index is 2.18. The van der Waals surface area contributed by atoms with E-state index in [1.165, 1.54) is 6.07 Å². The first kappa shape index (κ1) is 15.6. The second-order valence-corrected chi connectivity index (χ2v) is 5.48. The van der Waals surface area contributed by atoms with Crippen molar-refractivity contribution in [2.75, 3.05) is 12.5 Å². The topological polar surface area (TPSA) is 52.4 Å². The van der Waals surface area contributed by atoms with Crippen LogP contribution in [-0.2, 0) is 0 Å². The predicted molar refractivity (Wildman–Crippen MR) is 85.2 cm³/mol. The van der Waals surface area contributed by atoms with E-state index in [1.54, 1.807) is 18.2 Å². The first-order valence-corrected chi connectivity index (χ1v) is 7.52. The zero-order valence-electron chi connectivity index (χ0n) is 11.9. The van der Waals surface area contributed by atoms with Gasteiger partial charge in [0.2, 0.25) is 0 Å². The van der Waals surface area contributed by atoms with Crippen LogP contribution in [0.3, 0.4) is 0 Å². The molecule has 0 aliphatic rings. The molecule has 1 atom stereocenters. The molecule has 0 aromatic heterocycles. The van der Waals surface area contributed by atoms with Gasteiger partial charge in [0.1, 0.15) is 5.75 Å². The maximum Gasteiger partial charge on any atom is 0.277 e. The lowest BCUT2D eigenvalue weighted by Crippen LogP contribution is -2.05. The first-order chi connectivity index (χ1) is 10.1. The van der Waals surface area contributed by atoms with Crippen molar-refractivity contribution in [2.45, 2.75) is 19.8 Å². The fourth-order valence-corrected chi connectivity index (χ4v) is 2.61. The Morgan fingerprint density at radius 3 is 2.57 bits per heavy atom. The number of rotatable bonds is 7. The number of nitro benzene ring substituents is 1. The molecule has 0 bridgehead atoms. The Labute approximate surface area is 128 Å². The third-order valence-electron chi connectivity index (χ3n) is 3.53. The smallest absolute Gasteiger partial charge is 0.277 e. The summed E-state index contributed by atoms with van der Waals surface area (Å²) >= 11 is 5.71. The molecule has 2 aromatic carbocycles. The fourth-order valence-electron chi connectivity index (χ4n) is 2.24. The number of benzene rings is 2. The largest absolute Gasteiger partial charge is 0.493 e. The molecule has 1 unspecified atom stereocenters. The zero-order chi connectivity index (χ0) is 15.2. The molecule has 21 heavy (non-hydrogen) atoms. The number of ether oxygens (including phenoxy) is 1. The van der Waals surface area contributed by atoms with Crippen LogP contribution >= 0.6 is 11.6 Å². The molecule has 112 valence electrons. The highest BCUT2D eigenvalue weighted by molar-refractivity contribution is 6.17. The Morgan fingerprint density at radius 2 is 1.90 bits per heavy atom. The van der Waals surface area contributed by atoms with Crippen LogP contribution in [0, 0.1) is 16.0 Å². The third kappa shape index (κ3) is 3.85. The van der Waals surface area contributed by atoms with E-state index in [-0.39, 0.29) is 10.6 Å². The molecule has 2 rings (SSSR count). The van der Waals surface area contributed by atoms with Crippen LogP contribution in [-0.4, -0.2) is 17.4 Å². The lowest BCUT2D eigenvalue weighted by Gasteiger charge is -2.12. The Morgan fingerprint density at radius 1 is 1.19 bits per heavy atom. The minimum atomic E-state index is -0.366. The number of fused-ring (bicyclic) bond motifs is 1. The average Bonchev–Trinajstić information content (AvgIpc) is 2.47. The molecule has 0 spiro atoms. The van der Waals surface area contributed by atoms with Crippen molar-refractivity contribution in [1.82, 2.24) is 0 Å². The van der Waals surface area contributed by atoms with Crippen molar-refractivity contribution in [3.8, 4) is 5.75 Å². The second kappa shape index (κ2) is 7.27. The predicted octanol–water partition coefficient (Wildman–Crippen LogP) is 4.78. The highest BCUT2D eigenvalue weighted by atomic mass is 35.5. The molecule has 0 aliphatic heterocycles. The van der Waals surface area contributed by atoms with Gasteiger partial charge in [-0.05, 0) is 30.9 Å². The van der Waals surface area contributed by atoms with Gasteiger partial charge in [0.25, 0.3) is 5.69 Å². The minimum Gasteiger partial charge on any atom is -0.493 e. The van der Waals surface area contributed by atoms with Crippen molar-refractivity contribution >= 4 is 28.1 Å². The number of non-ortho nitro benzene ring substituents is 1. The summed E-state index contributed by atoms with van der Waals surface area (Å²) in [5.74, 6) is 1.85. The molecule has 4 nitrogen and oxygen atoms in total. The van der Waals surface area contributed by atoms with E-state index in [4.69, 9.17) is 16.3 Å². The first-order valence-electron chi connectivity index (χ1n) is 6.98. The molecule has 0 radical (unpaired) electrons. The summed E-state index contributed by atoms with van der Waals surface area (Å²) in [6, 6.07) is 10.4. The zero-order valence-corrected chi connectivity index (χ0v) is 12.7. The lowest BCUT2D eigenvalue weighted by molar-refractivity contribution is -0.383. The van der Waals surface area contributed by atoms with E-state index in [1.807, 2.05) is 12.1 Å². The molecule has 2 aromatic rings. The van der Waals surface area contributed by atoms with E-state index in [0.717, 1.165) is 18.2 Å². The molecule has 0 heterocycles. The third-order valence-corrected chi connectivity index (χ3v) is 3.75. The van der Waals surface area contributed by atoms with Crippen molar-refractivity contribution in [2.24, 2.45) is 5.92 Å². The molecule has 0 aliphatic carbocycles. The van der Waals surface area contributed by atoms with Gasteiger partial charge < -0.3 is 4.74 Å². The van der Waals surface area contributed by atoms with Crippen molar-refractivity contribution in [1.29, 1.82) is 0 Å². The molecule has 0 N–H and O–H groups in total. The summed E-state index contributed by atoms with van der Waals surface area (Å²) < 4.78 is 5.81. The maximum absolute atomic E-state index is 11.1. The molecule has 0 saturated carbocycles. The van der Waals surface area contributed by atoms with E-state index in [2.05, 4.69) is 6.92 Å². The van der Waals surface area contributed by atoms with E-state index < -0.39 is 0 Å². The molecule has 5 heteroatoms. The van der Waals surface area contributed by atoms with Gasteiger partial charge in [0, 0.05) is 17.3 Å². The van der Waals surface area contributed by atoms with Crippen LogP contribution in [0.25, 0.3) is 10.8 Å². The Bertz CT molecular complexity index is 630. The summed E-state index contributed by atoms with van der Waals surface area (Å²) in [7, 11) is 0. The van der Waals surface area contributed by atoms with E-state index in [9.17, 15) is 10.1 Å². The van der Waals surface area contributed by atoms with Gasteiger partial charge >= 0.3 is 0 Å². The lowest BCUT2D eigenvalue weighted by atomic mass is 10.1. The Hall–Kier alpha value is -1.81. The number of alkyl halides is 1. The van der Waals surface area contributed by atoms with Crippen LogP contribution in [0.4, 0.5) is 5.69 Å². The summed E-state index contributed by atoms with van der Waals surface area (Å²) in [4.78, 5) is 10.7. The summed E-state index contributed by atoms with van der Waals surface area (Å²) in [5, 5.41) is 12.4. The summed E-state index contributed by atoms with van der Waals surface area (Å²) in [5.41, 5.74) is 0.105. The molecule has 0 fully saturated rings. The van der Waals surface area contributed by atoms with Gasteiger partial charge in [0.05, 0.1) is 16.9 Å². The quantitative estimate of drug-likeness (QED) is 0.420. The van der Waals surface area contributed by atoms with Crippen molar-refractivity contribution in [3.63, 3.8) is 0 Å². The van der Waals surface area contributed by atoms with Crippen LogP contribution in [0.15, 0.2) is 36.4 Å². The van der Waals surface area contributed by atoms with Crippen LogP contribution in [0.1, 0.15) is 19.8 Å². The van der Waals surface area contributed by atoms with Gasteiger partial charge in [0.15, 0.2) is 0 Å². The minimum absolute atomic E-state index is 0.105. The summed E-state index contributed by atoms with van der Waals surface area (Å²) in [6.07, 6.45) is 1.88. The van der Waals surface area contributed by atoms with Crippen LogP contribution < -0.4 is 4.74 Å². The van der Waals surface area contributed by atoms with Gasteiger partial charge in [-0.15, -0.1) is 11.6 Å². The second-order valence-electron chi connectivity index (χ2n) is 5.11. The number of hydrogen-bond acceptors (Lipinski definition) is 3. The van der Waals surface area contributed by atoms with Gasteiger partial charge in [-0.3, -0.25) is 10.1 Å². The van der Waals surface area contributed by atoms with Gasteiger partial charge in [-0.2, -0.15) is 0 Å². The van der Waals surface area contributed by atoms with Crippen LogP contribution in [0.2, 0.25) is 0 Å². The summed E-state index contributed by atoms with van der Waals surface area (Å²) in [6.45, 7) is 2.72. The SMILES string of the molecule is CC(CCCl)CCOc1ccc([N+](=O)[O-])c2ccccc12. The normalized spacial score (nSPS) is 12.3. The average molecular weight is 308 g/mol. The molecule has 0 amide bonds. The number of nitro groups is 1. The maximum atomic E-state index is 11.1. The van der Waals surface area contributed by atoms with Crippen molar-refractivity contribution in [3.05, 3.63) is 46.5 Å². The molecule has 0 saturated heterocycles. The van der Waals surface area contributed by atoms with E-state index in [0.29, 0.717) is 29.5 Å². The monoisotopic (exact) mass is 307 g/mol. The van der Waals surface area contributed by atoms with Crippen molar-refractivity contribution < 1.29 is 9.66 Å². The number of hydrogen-bond donors (Lipinski definition) is 0. The number of nitrogens with zero attached hydrogens (tertiary/aromatic N) is 1. The van der Waals surface area contributed by atoms with Gasteiger partial charge in [-0.25, -0.2) is 0 Å². The Kier molecular flexibility index (Phi) is 5.39. The van der Waals surface area contributed by atoms with Gasteiger partial charge in [-0.1, -0.05) is 25.1 Å². The molecular formula is C16H18ClNO3. The molecular weight excluding hydrogens is 290 g/mol. The van der Waals surface area contributed by atoms with E-state index >= 15 is 0 Å². The van der Waals surface area contributed by atoms with Crippen LogP contribution in [0.5, 0.6) is 5.75 Å². The highest BCUT2D eigenvalue weighted by Crippen LogP contribution is 2.32. The highest BCUT2D eigenvalue weighted by Gasteiger charge is 2.14.